The molecule has 320 valence electrons. The van der Waals surface area contributed by atoms with Crippen LogP contribution in [0.5, 0.6) is 0 Å². The number of rotatable bonds is 24. The van der Waals surface area contributed by atoms with Crippen LogP contribution in [0.4, 0.5) is 0 Å². The number of nitriles is 1. The van der Waals surface area contributed by atoms with Crippen LogP contribution in [0.2, 0.25) is 0 Å². The molecule has 0 unspecified atom stereocenters. The summed E-state index contributed by atoms with van der Waals surface area (Å²) in [5.74, 6) is -0.435. The first kappa shape index (κ1) is 47.6. The van der Waals surface area contributed by atoms with Gasteiger partial charge in [0.15, 0.2) is 6.19 Å². The molecular formula is C43H71N7O7. The molecule has 0 aromatic heterocycles. The van der Waals surface area contributed by atoms with Gasteiger partial charge in [-0.2, -0.15) is 5.26 Å². The molecule has 1 saturated heterocycles. The Labute approximate surface area is 341 Å². The summed E-state index contributed by atoms with van der Waals surface area (Å²) in [4.78, 5) is 47.8. The maximum absolute atomic E-state index is 14.4. The molecule has 2 fully saturated rings. The third-order valence-electron chi connectivity index (χ3n) is 11.2. The molecule has 0 bridgehead atoms. The molecule has 14 heteroatoms. The number of amides is 3. The quantitative estimate of drug-likeness (QED) is 0.0251. The Kier molecular flexibility index (Phi) is 22.6. The number of ether oxygens (including phenoxy) is 3. The number of benzene rings is 1. The van der Waals surface area contributed by atoms with Crippen molar-refractivity contribution in [1.29, 1.82) is 5.26 Å². The highest BCUT2D eigenvalue weighted by molar-refractivity contribution is 5.84. The van der Waals surface area contributed by atoms with Crippen LogP contribution in [0.15, 0.2) is 35.3 Å². The molecule has 0 spiro atoms. The van der Waals surface area contributed by atoms with Crippen molar-refractivity contribution in [2.75, 3.05) is 47.1 Å². The van der Waals surface area contributed by atoms with Crippen molar-refractivity contribution in [3.63, 3.8) is 0 Å². The highest BCUT2D eigenvalue weighted by Gasteiger charge is 2.36. The lowest BCUT2D eigenvalue weighted by molar-refractivity contribution is -0.157. The van der Waals surface area contributed by atoms with Crippen molar-refractivity contribution in [3.8, 4) is 6.19 Å². The molecule has 2 aliphatic rings. The summed E-state index contributed by atoms with van der Waals surface area (Å²) in [6.07, 6.45) is 9.74. The van der Waals surface area contributed by atoms with E-state index in [9.17, 15) is 19.5 Å². The summed E-state index contributed by atoms with van der Waals surface area (Å²) in [5.41, 5.74) is 0.944. The second-order valence-electron chi connectivity index (χ2n) is 15.9. The number of piperidine rings is 1. The van der Waals surface area contributed by atoms with E-state index in [2.05, 4.69) is 33.2 Å². The van der Waals surface area contributed by atoms with E-state index in [4.69, 9.17) is 19.5 Å². The van der Waals surface area contributed by atoms with Gasteiger partial charge in [-0.05, 0) is 55.9 Å². The fraction of sp³-hybridized carbons (Fsp3) is 0.744. The number of carbonyl (C=O) groups excluding carboxylic acids is 3. The molecule has 3 rings (SSSR count). The van der Waals surface area contributed by atoms with Crippen molar-refractivity contribution < 1.29 is 33.7 Å². The van der Waals surface area contributed by atoms with Gasteiger partial charge in [0.05, 0.1) is 18.2 Å². The second kappa shape index (κ2) is 27.0. The highest BCUT2D eigenvalue weighted by atomic mass is 16.7. The van der Waals surface area contributed by atoms with Crippen LogP contribution in [0.25, 0.3) is 0 Å². The Balaban J connectivity index is 1.76. The summed E-state index contributed by atoms with van der Waals surface area (Å²) in [7, 11) is 3.17. The minimum Gasteiger partial charge on any atom is -0.391 e. The Morgan fingerprint density at radius 2 is 1.68 bits per heavy atom. The van der Waals surface area contributed by atoms with Crippen molar-refractivity contribution in [2.24, 2.45) is 22.7 Å². The molecule has 0 radical (unpaired) electrons. The zero-order valence-electron chi connectivity index (χ0n) is 35.2. The minimum atomic E-state index is -0.966. The number of aliphatic hydroxyl groups is 1. The van der Waals surface area contributed by atoms with Crippen LogP contribution in [-0.2, 0) is 35.0 Å². The molecule has 1 aromatic rings. The maximum atomic E-state index is 14.4. The molecule has 14 nitrogen and oxygen atoms in total. The fourth-order valence-electron chi connectivity index (χ4n) is 7.83. The molecule has 1 heterocycles. The van der Waals surface area contributed by atoms with Gasteiger partial charge >= 0.3 is 0 Å². The Morgan fingerprint density at radius 3 is 2.32 bits per heavy atom. The Morgan fingerprint density at radius 1 is 0.982 bits per heavy atom. The number of nitrogens with zero attached hydrogens (tertiary/aromatic N) is 3. The van der Waals surface area contributed by atoms with Gasteiger partial charge in [-0.25, -0.2) is 0 Å². The van der Waals surface area contributed by atoms with E-state index < -0.39 is 30.3 Å². The maximum Gasteiger partial charge on any atom is 0.252 e. The van der Waals surface area contributed by atoms with E-state index in [1.165, 1.54) is 6.42 Å². The zero-order chi connectivity index (χ0) is 41.4. The summed E-state index contributed by atoms with van der Waals surface area (Å²) in [6.45, 7) is 8.19. The predicted octanol–water partition coefficient (Wildman–Crippen LogP) is 4.42. The van der Waals surface area contributed by atoms with E-state index in [1.54, 1.807) is 14.2 Å². The first-order chi connectivity index (χ1) is 27.6. The number of guanidine groups is 1. The summed E-state index contributed by atoms with van der Waals surface area (Å²) >= 11 is 0. The highest BCUT2D eigenvalue weighted by Crippen LogP contribution is 2.30. The molecule has 1 aromatic carbocycles. The summed E-state index contributed by atoms with van der Waals surface area (Å²) in [5, 5.41) is 32.4. The van der Waals surface area contributed by atoms with E-state index in [1.807, 2.05) is 55.3 Å². The van der Waals surface area contributed by atoms with Gasteiger partial charge in [-0.1, -0.05) is 96.0 Å². The number of aliphatic hydroxyl groups excluding tert-OH is 1. The average Bonchev–Trinajstić information content (AvgIpc) is 3.22. The Bertz CT molecular complexity index is 1380. The molecule has 1 saturated carbocycles. The van der Waals surface area contributed by atoms with Crippen LogP contribution in [0, 0.1) is 29.2 Å². The second-order valence-corrected chi connectivity index (χ2v) is 15.9. The predicted molar refractivity (Wildman–Crippen MR) is 221 cm³/mol. The van der Waals surface area contributed by atoms with Crippen molar-refractivity contribution >= 4 is 23.7 Å². The van der Waals surface area contributed by atoms with Crippen molar-refractivity contribution in [3.05, 3.63) is 35.9 Å². The fourth-order valence-corrected chi connectivity index (χ4v) is 7.83. The monoisotopic (exact) mass is 798 g/mol. The summed E-state index contributed by atoms with van der Waals surface area (Å²) in [6, 6.07) is 9.15. The van der Waals surface area contributed by atoms with Gasteiger partial charge in [0.2, 0.25) is 17.8 Å². The third-order valence-corrected chi connectivity index (χ3v) is 11.2. The lowest BCUT2D eigenvalue weighted by atomic mass is 9.81. The zero-order valence-corrected chi connectivity index (χ0v) is 35.2. The van der Waals surface area contributed by atoms with Crippen LogP contribution >= 0.6 is 0 Å². The van der Waals surface area contributed by atoms with Crippen LogP contribution in [0.3, 0.4) is 0 Å². The first-order valence-electron chi connectivity index (χ1n) is 21.3. The Hall–Kier alpha value is -3.77. The van der Waals surface area contributed by atoms with Crippen LogP contribution in [-0.4, -0.2) is 111 Å². The number of nitrogens with one attached hydrogen (secondary N) is 4. The molecule has 5 atom stereocenters. The summed E-state index contributed by atoms with van der Waals surface area (Å²) < 4.78 is 17.5. The minimum absolute atomic E-state index is 0.0184. The van der Waals surface area contributed by atoms with E-state index >= 15 is 0 Å². The van der Waals surface area contributed by atoms with Gasteiger partial charge in [0.25, 0.3) is 5.91 Å². The van der Waals surface area contributed by atoms with Gasteiger partial charge in [-0.3, -0.25) is 24.7 Å². The number of unbranched alkanes of at least 4 members (excludes halogenated alkanes) is 1. The van der Waals surface area contributed by atoms with E-state index in [0.717, 1.165) is 44.1 Å². The van der Waals surface area contributed by atoms with E-state index in [-0.39, 0.29) is 43.0 Å². The molecule has 5 N–H and O–H groups in total. The number of hydrogen-bond donors (Lipinski definition) is 5. The van der Waals surface area contributed by atoms with Crippen LogP contribution < -0.4 is 21.3 Å². The number of hydrogen-bond acceptors (Lipinski definition) is 9. The van der Waals surface area contributed by atoms with E-state index in [0.29, 0.717) is 76.6 Å². The van der Waals surface area contributed by atoms with Gasteiger partial charge in [0, 0.05) is 52.7 Å². The standard InChI is InChI=1S/C43H71N7O7/c1-6-7-19-38(57-39(27-33-17-12-9-13-18-33)42(54)50-24-20-34(21-25-50)56-30-55-5)41(53)49-36(26-32-15-10-8-11-16-32)37(51)28-35(31(2)3)40(52)46-22-14-23-47-43(45-4)48-29-44/h9,12-13,17-18,31-32,34-39,51H,6-8,10-11,14-16,19-28,30H2,1-5H3,(H,46,52)(H,49,53)(H2,45,47,48)/t35-,36-,37-,38-,39-/m0/s1. The van der Waals surface area contributed by atoms with Gasteiger partial charge in [-0.15, -0.1) is 0 Å². The lowest BCUT2D eigenvalue weighted by Crippen LogP contribution is -2.52. The normalized spacial score (nSPS) is 18.2. The molecule has 1 aliphatic carbocycles. The number of likely N-dealkylation sites (tertiary alicyclic amines) is 1. The smallest absolute Gasteiger partial charge is 0.252 e. The molecule has 1 aliphatic heterocycles. The number of aliphatic imine (C=N–C) groups is 1. The average molecular weight is 798 g/mol. The van der Waals surface area contributed by atoms with Crippen molar-refractivity contribution in [1.82, 2.24) is 26.2 Å². The lowest BCUT2D eigenvalue weighted by Gasteiger charge is -2.36. The van der Waals surface area contributed by atoms with Gasteiger partial charge < -0.3 is 40.2 Å². The van der Waals surface area contributed by atoms with Crippen molar-refractivity contribution in [2.45, 2.75) is 141 Å². The molecule has 3 amide bonds. The van der Waals surface area contributed by atoms with Crippen LogP contribution in [0.1, 0.15) is 110 Å². The third kappa shape index (κ3) is 17.3. The largest absolute Gasteiger partial charge is 0.391 e. The first-order valence-corrected chi connectivity index (χ1v) is 21.3. The molecule has 57 heavy (non-hydrogen) atoms. The SMILES string of the molecule is CCCC[C@H](O[C@@H](Cc1ccccc1)C(=O)N1CCC(OCOC)CC1)C(=O)N[C@@H](CC1CCCCC1)[C@@H](O)C[C@H](C(=O)NCCCNC(=NC)NC#N)C(C)C. The number of carbonyl (C=O) groups is 3. The number of methoxy groups -OCH3 is 1. The topological polar surface area (TPSA) is 187 Å². The molecular weight excluding hydrogens is 727 g/mol. The van der Waals surface area contributed by atoms with Gasteiger partial charge in [0.1, 0.15) is 19.0 Å².